The van der Waals surface area contributed by atoms with Crippen LogP contribution in [0.4, 0.5) is 5.69 Å². The Kier molecular flexibility index (Phi) is 5.96. The number of carbonyl (C=O) groups excluding carboxylic acids is 1. The highest BCUT2D eigenvalue weighted by Crippen LogP contribution is 2.25. The van der Waals surface area contributed by atoms with Crippen molar-refractivity contribution in [2.75, 3.05) is 11.1 Å². The molecule has 21 heavy (non-hydrogen) atoms. The predicted molar refractivity (Wildman–Crippen MR) is 84.3 cm³/mol. The molecule has 0 saturated carbocycles. The summed E-state index contributed by atoms with van der Waals surface area (Å²) in [7, 11) is -3.54. The standard InChI is InChI=1S/C15H21NO4S/c1-5-10-21(18,19)12(4)15(17)16-13-8-6-7-9-14(13)20-11(2)3/h5-9,11-12H,1,10H2,2-4H3,(H,16,17). The number of hydrogen-bond donors (Lipinski definition) is 1. The fourth-order valence-corrected chi connectivity index (χ4v) is 2.63. The first kappa shape index (κ1) is 17.2. The van der Waals surface area contributed by atoms with Crippen LogP contribution in [0, 0.1) is 0 Å². The first-order chi connectivity index (χ1) is 9.77. The van der Waals surface area contributed by atoms with Crippen molar-refractivity contribution < 1.29 is 17.9 Å². The molecule has 0 heterocycles. The summed E-state index contributed by atoms with van der Waals surface area (Å²) >= 11 is 0. The largest absolute Gasteiger partial charge is 0.489 e. The van der Waals surface area contributed by atoms with Crippen LogP contribution in [0.25, 0.3) is 0 Å². The molecule has 0 saturated heterocycles. The molecule has 0 aromatic heterocycles. The van der Waals surface area contributed by atoms with Gasteiger partial charge in [-0.25, -0.2) is 8.42 Å². The summed E-state index contributed by atoms with van der Waals surface area (Å²) < 4.78 is 29.3. The van der Waals surface area contributed by atoms with Crippen molar-refractivity contribution in [3.8, 4) is 5.75 Å². The molecule has 0 spiro atoms. The summed E-state index contributed by atoms with van der Waals surface area (Å²) in [5.41, 5.74) is 0.455. The van der Waals surface area contributed by atoms with Gasteiger partial charge >= 0.3 is 0 Å². The Morgan fingerprint density at radius 1 is 1.33 bits per heavy atom. The molecule has 116 valence electrons. The van der Waals surface area contributed by atoms with Gasteiger partial charge in [0.1, 0.15) is 11.0 Å². The third kappa shape index (κ3) is 4.90. The normalized spacial score (nSPS) is 12.8. The fraction of sp³-hybridized carbons (Fsp3) is 0.400. The molecule has 0 aliphatic carbocycles. The second kappa shape index (κ2) is 7.26. The van der Waals surface area contributed by atoms with Crippen molar-refractivity contribution in [1.29, 1.82) is 0 Å². The molecule has 1 rings (SSSR count). The van der Waals surface area contributed by atoms with E-state index >= 15 is 0 Å². The van der Waals surface area contributed by atoms with Gasteiger partial charge in [-0.1, -0.05) is 18.2 Å². The second-order valence-corrected chi connectivity index (χ2v) is 7.28. The molecule has 0 aliphatic rings. The van der Waals surface area contributed by atoms with Crippen molar-refractivity contribution >= 4 is 21.4 Å². The second-order valence-electron chi connectivity index (χ2n) is 4.91. The number of nitrogens with one attached hydrogen (secondary N) is 1. The Morgan fingerprint density at radius 2 is 1.95 bits per heavy atom. The van der Waals surface area contributed by atoms with Crippen molar-refractivity contribution in [1.82, 2.24) is 0 Å². The molecule has 0 bridgehead atoms. The van der Waals surface area contributed by atoms with Crippen molar-refractivity contribution in [2.24, 2.45) is 0 Å². The lowest BCUT2D eigenvalue weighted by Crippen LogP contribution is -2.33. The van der Waals surface area contributed by atoms with Gasteiger partial charge in [0.25, 0.3) is 0 Å². The number of sulfone groups is 1. The number of rotatable bonds is 7. The minimum atomic E-state index is -3.54. The van der Waals surface area contributed by atoms with Crippen LogP contribution in [-0.4, -0.2) is 31.4 Å². The molecule has 1 N–H and O–H groups in total. The topological polar surface area (TPSA) is 72.5 Å². The molecule has 6 heteroatoms. The number of ether oxygens (including phenoxy) is 1. The summed E-state index contributed by atoms with van der Waals surface area (Å²) in [5, 5.41) is 1.45. The summed E-state index contributed by atoms with van der Waals surface area (Å²) in [6, 6.07) is 6.91. The molecule has 1 unspecified atom stereocenters. The average Bonchev–Trinajstić information content (AvgIpc) is 2.39. The summed E-state index contributed by atoms with van der Waals surface area (Å²) in [6.45, 7) is 8.49. The fourth-order valence-electron chi connectivity index (χ4n) is 1.63. The zero-order valence-corrected chi connectivity index (χ0v) is 13.3. The number of carbonyl (C=O) groups is 1. The molecular formula is C15H21NO4S. The van der Waals surface area contributed by atoms with Gasteiger partial charge < -0.3 is 10.1 Å². The number of amides is 1. The van der Waals surface area contributed by atoms with Crippen LogP contribution in [0.5, 0.6) is 5.75 Å². The van der Waals surface area contributed by atoms with Crippen LogP contribution in [0.2, 0.25) is 0 Å². The van der Waals surface area contributed by atoms with Gasteiger partial charge in [-0.3, -0.25) is 4.79 Å². The van der Waals surface area contributed by atoms with E-state index in [1.54, 1.807) is 24.3 Å². The molecule has 5 nitrogen and oxygen atoms in total. The van der Waals surface area contributed by atoms with Gasteiger partial charge in [0, 0.05) is 0 Å². The first-order valence-electron chi connectivity index (χ1n) is 6.67. The van der Waals surface area contributed by atoms with E-state index in [2.05, 4.69) is 11.9 Å². The third-order valence-electron chi connectivity index (χ3n) is 2.77. The molecule has 1 atom stereocenters. The lowest BCUT2D eigenvalue weighted by Gasteiger charge is -2.16. The van der Waals surface area contributed by atoms with Crippen LogP contribution >= 0.6 is 0 Å². The Labute approximate surface area is 125 Å². The molecule has 0 radical (unpaired) electrons. The molecular weight excluding hydrogens is 290 g/mol. The van der Waals surface area contributed by atoms with Crippen LogP contribution in [-0.2, 0) is 14.6 Å². The van der Waals surface area contributed by atoms with Gasteiger partial charge in [-0.15, -0.1) is 6.58 Å². The van der Waals surface area contributed by atoms with Crippen molar-refractivity contribution in [2.45, 2.75) is 32.1 Å². The van der Waals surface area contributed by atoms with Gasteiger partial charge in [0.2, 0.25) is 5.91 Å². The van der Waals surface area contributed by atoms with E-state index in [0.29, 0.717) is 11.4 Å². The van der Waals surface area contributed by atoms with Crippen LogP contribution < -0.4 is 10.1 Å². The highest BCUT2D eigenvalue weighted by Gasteiger charge is 2.27. The Morgan fingerprint density at radius 3 is 2.52 bits per heavy atom. The molecule has 0 fully saturated rings. The van der Waals surface area contributed by atoms with E-state index in [0.717, 1.165) is 0 Å². The molecule has 0 aliphatic heterocycles. The Hall–Kier alpha value is -1.82. The number of benzene rings is 1. The van der Waals surface area contributed by atoms with E-state index in [-0.39, 0.29) is 11.9 Å². The van der Waals surface area contributed by atoms with Crippen LogP contribution in [0.3, 0.4) is 0 Å². The van der Waals surface area contributed by atoms with E-state index in [1.165, 1.54) is 13.0 Å². The van der Waals surface area contributed by atoms with Gasteiger partial charge in [0.05, 0.1) is 17.5 Å². The third-order valence-corrected chi connectivity index (χ3v) is 4.76. The summed E-state index contributed by atoms with van der Waals surface area (Å²) in [6.07, 6.45) is 1.22. The molecule has 1 aromatic rings. The maximum atomic E-state index is 12.1. The van der Waals surface area contributed by atoms with Gasteiger partial charge in [-0.2, -0.15) is 0 Å². The number of anilines is 1. The number of para-hydroxylation sites is 2. The van der Waals surface area contributed by atoms with E-state index in [9.17, 15) is 13.2 Å². The maximum absolute atomic E-state index is 12.1. The summed E-state index contributed by atoms with van der Waals surface area (Å²) in [4.78, 5) is 12.1. The van der Waals surface area contributed by atoms with Crippen LogP contribution in [0.1, 0.15) is 20.8 Å². The molecule has 1 aromatic carbocycles. The lowest BCUT2D eigenvalue weighted by molar-refractivity contribution is -0.115. The number of hydrogen-bond acceptors (Lipinski definition) is 4. The lowest BCUT2D eigenvalue weighted by atomic mass is 10.2. The monoisotopic (exact) mass is 311 g/mol. The quantitative estimate of drug-likeness (QED) is 0.785. The van der Waals surface area contributed by atoms with E-state index in [4.69, 9.17) is 4.74 Å². The van der Waals surface area contributed by atoms with Gasteiger partial charge in [-0.05, 0) is 32.9 Å². The van der Waals surface area contributed by atoms with E-state index < -0.39 is 21.0 Å². The minimum absolute atomic E-state index is 0.0510. The maximum Gasteiger partial charge on any atom is 0.242 e. The Balaban J connectivity index is 2.91. The smallest absolute Gasteiger partial charge is 0.242 e. The van der Waals surface area contributed by atoms with E-state index in [1.807, 2.05) is 13.8 Å². The highest BCUT2D eigenvalue weighted by atomic mass is 32.2. The van der Waals surface area contributed by atoms with Crippen molar-refractivity contribution in [3.63, 3.8) is 0 Å². The summed E-state index contributed by atoms with van der Waals surface area (Å²) in [5.74, 6) is -0.308. The predicted octanol–water partition coefficient (Wildman–Crippen LogP) is 2.40. The minimum Gasteiger partial charge on any atom is -0.489 e. The van der Waals surface area contributed by atoms with Crippen molar-refractivity contribution in [3.05, 3.63) is 36.9 Å². The average molecular weight is 311 g/mol. The SMILES string of the molecule is C=CCS(=O)(=O)C(C)C(=O)Nc1ccccc1OC(C)C. The van der Waals surface area contributed by atoms with Crippen LogP contribution in [0.15, 0.2) is 36.9 Å². The first-order valence-corrected chi connectivity index (χ1v) is 8.38. The zero-order chi connectivity index (χ0) is 16.0. The Bertz CT molecular complexity index is 608. The zero-order valence-electron chi connectivity index (χ0n) is 12.5. The molecule has 1 amide bonds. The highest BCUT2D eigenvalue weighted by molar-refractivity contribution is 7.92. The van der Waals surface area contributed by atoms with Gasteiger partial charge in [0.15, 0.2) is 9.84 Å².